The van der Waals surface area contributed by atoms with E-state index >= 15 is 0 Å². The molecule has 9 nitrogen and oxygen atoms in total. The maximum absolute atomic E-state index is 12.3. The predicted molar refractivity (Wildman–Crippen MR) is 111 cm³/mol. The Morgan fingerprint density at radius 3 is 2.61 bits per heavy atom. The minimum atomic E-state index is -0.789. The molecule has 31 heavy (non-hydrogen) atoms. The van der Waals surface area contributed by atoms with Gasteiger partial charge in [0.1, 0.15) is 5.75 Å². The third kappa shape index (κ3) is 5.95. The van der Waals surface area contributed by atoms with Crippen LogP contribution in [0.15, 0.2) is 48.5 Å². The number of carbonyl (C=O) groups is 4. The number of hydrogen-bond acceptors (Lipinski definition) is 6. The highest BCUT2D eigenvalue weighted by Crippen LogP contribution is 2.19. The normalized spacial score (nSPS) is 15.4. The van der Waals surface area contributed by atoms with Crippen molar-refractivity contribution < 1.29 is 28.7 Å². The van der Waals surface area contributed by atoms with E-state index < -0.39 is 36.2 Å². The van der Waals surface area contributed by atoms with Gasteiger partial charge < -0.3 is 14.8 Å². The van der Waals surface area contributed by atoms with Crippen molar-refractivity contribution in [1.82, 2.24) is 10.4 Å². The van der Waals surface area contributed by atoms with Gasteiger partial charge in [-0.25, -0.2) is 0 Å². The van der Waals surface area contributed by atoms with E-state index in [0.717, 1.165) is 5.01 Å². The molecule has 1 saturated heterocycles. The summed E-state index contributed by atoms with van der Waals surface area (Å²) in [5.74, 6) is -2.37. The number of nitrogens with one attached hydrogen (secondary N) is 2. The zero-order valence-corrected chi connectivity index (χ0v) is 17.3. The number of benzene rings is 2. The van der Waals surface area contributed by atoms with E-state index in [2.05, 4.69) is 10.7 Å². The molecule has 0 bridgehead atoms. The Morgan fingerprint density at radius 2 is 1.90 bits per heavy atom. The van der Waals surface area contributed by atoms with E-state index in [1.54, 1.807) is 36.4 Å². The lowest BCUT2D eigenvalue weighted by atomic mass is 10.1. The molecule has 0 aromatic heterocycles. The van der Waals surface area contributed by atoms with Crippen molar-refractivity contribution in [3.05, 3.63) is 59.1 Å². The second kappa shape index (κ2) is 9.94. The number of rotatable bonds is 7. The van der Waals surface area contributed by atoms with Gasteiger partial charge in [-0.2, -0.15) is 0 Å². The van der Waals surface area contributed by atoms with Crippen molar-refractivity contribution in [2.45, 2.75) is 6.42 Å². The molecule has 0 radical (unpaired) electrons. The summed E-state index contributed by atoms with van der Waals surface area (Å²) in [5, 5.41) is 4.14. The molecule has 3 rings (SSSR count). The molecule has 2 N–H and O–H groups in total. The van der Waals surface area contributed by atoms with E-state index in [4.69, 9.17) is 21.1 Å². The van der Waals surface area contributed by atoms with Gasteiger partial charge in [0, 0.05) is 28.8 Å². The number of amides is 3. The highest BCUT2D eigenvalue weighted by molar-refractivity contribution is 6.30. The third-order valence-electron chi connectivity index (χ3n) is 4.50. The number of esters is 1. The average molecular weight is 446 g/mol. The summed E-state index contributed by atoms with van der Waals surface area (Å²) >= 11 is 5.79. The summed E-state index contributed by atoms with van der Waals surface area (Å²) in [6, 6.07) is 12.9. The lowest BCUT2D eigenvalue weighted by Crippen LogP contribution is -2.43. The van der Waals surface area contributed by atoms with Gasteiger partial charge in [-0.15, -0.1) is 0 Å². The van der Waals surface area contributed by atoms with Crippen LogP contribution in [0.25, 0.3) is 0 Å². The summed E-state index contributed by atoms with van der Waals surface area (Å²) in [5.41, 5.74) is 3.27. The summed E-state index contributed by atoms with van der Waals surface area (Å²) in [7, 11) is 1.51. The summed E-state index contributed by atoms with van der Waals surface area (Å²) in [4.78, 5) is 48.7. The molecule has 2 aromatic rings. The SMILES string of the molecule is COc1cccc(NC(=O)COC(=O)[C@@H]2CC(=O)N(NC(=O)c3ccc(Cl)cc3)C2)c1. The second-order valence-corrected chi connectivity index (χ2v) is 7.18. The van der Waals surface area contributed by atoms with E-state index in [-0.39, 0.29) is 13.0 Å². The number of hydrogen-bond donors (Lipinski definition) is 2. The van der Waals surface area contributed by atoms with Crippen molar-refractivity contribution in [2.24, 2.45) is 5.92 Å². The van der Waals surface area contributed by atoms with E-state index in [0.29, 0.717) is 22.0 Å². The molecule has 1 aliphatic heterocycles. The van der Waals surface area contributed by atoms with Crippen LogP contribution in [0.5, 0.6) is 5.75 Å². The second-order valence-electron chi connectivity index (χ2n) is 6.74. The smallest absolute Gasteiger partial charge is 0.311 e. The Labute approximate surface area is 183 Å². The molecule has 1 fully saturated rings. The highest BCUT2D eigenvalue weighted by atomic mass is 35.5. The topological polar surface area (TPSA) is 114 Å². The fourth-order valence-electron chi connectivity index (χ4n) is 2.91. The van der Waals surface area contributed by atoms with E-state index in [9.17, 15) is 19.2 Å². The van der Waals surface area contributed by atoms with Crippen molar-refractivity contribution in [3.63, 3.8) is 0 Å². The molecule has 3 amide bonds. The minimum Gasteiger partial charge on any atom is -0.497 e. The first-order valence-electron chi connectivity index (χ1n) is 9.33. The molecule has 1 aliphatic rings. The first-order valence-corrected chi connectivity index (χ1v) is 9.71. The monoisotopic (exact) mass is 445 g/mol. The van der Waals surface area contributed by atoms with Crippen LogP contribution in [0.3, 0.4) is 0 Å². The Bertz CT molecular complexity index is 995. The molecule has 0 spiro atoms. The van der Waals surface area contributed by atoms with Crippen LogP contribution < -0.4 is 15.5 Å². The Balaban J connectivity index is 1.47. The number of carbonyl (C=O) groups excluding carboxylic acids is 4. The largest absolute Gasteiger partial charge is 0.497 e. The molecule has 10 heteroatoms. The molecule has 0 unspecified atom stereocenters. The third-order valence-corrected chi connectivity index (χ3v) is 4.75. The maximum Gasteiger partial charge on any atom is 0.311 e. The predicted octanol–water partition coefficient (Wildman–Crippen LogP) is 2.02. The number of nitrogens with zero attached hydrogens (tertiary/aromatic N) is 1. The molecule has 162 valence electrons. The van der Waals surface area contributed by atoms with Crippen LogP contribution in [-0.4, -0.2) is 49.0 Å². The van der Waals surface area contributed by atoms with Crippen molar-refractivity contribution in [3.8, 4) is 5.75 Å². The first kappa shape index (κ1) is 22.1. The molecule has 0 aliphatic carbocycles. The van der Waals surface area contributed by atoms with Crippen LogP contribution in [-0.2, 0) is 19.1 Å². The van der Waals surface area contributed by atoms with Crippen molar-refractivity contribution in [1.29, 1.82) is 0 Å². The summed E-state index contributed by atoms with van der Waals surface area (Å²) < 4.78 is 10.1. The number of hydrazine groups is 1. The van der Waals surface area contributed by atoms with Crippen LogP contribution in [0.4, 0.5) is 5.69 Å². The fourth-order valence-corrected chi connectivity index (χ4v) is 3.04. The fraction of sp³-hybridized carbons (Fsp3) is 0.238. The van der Waals surface area contributed by atoms with Gasteiger partial charge in [-0.05, 0) is 36.4 Å². The quantitative estimate of drug-likeness (QED) is 0.630. The highest BCUT2D eigenvalue weighted by Gasteiger charge is 2.36. The molecular weight excluding hydrogens is 426 g/mol. The van der Waals surface area contributed by atoms with Crippen molar-refractivity contribution in [2.75, 3.05) is 25.6 Å². The standard InChI is InChI=1S/C21H20ClN3O6/c1-30-17-4-2-3-16(10-17)23-18(26)12-31-21(29)14-9-19(27)25(11-14)24-20(28)13-5-7-15(22)8-6-13/h2-8,10,14H,9,11-12H2,1H3,(H,23,26)(H,24,28)/t14-/m1/s1. The molecular formula is C21H20ClN3O6. The Morgan fingerprint density at radius 1 is 1.16 bits per heavy atom. The summed E-state index contributed by atoms with van der Waals surface area (Å²) in [6.45, 7) is -0.549. The van der Waals surface area contributed by atoms with Gasteiger partial charge in [-0.3, -0.25) is 29.6 Å². The number of methoxy groups -OCH3 is 1. The zero-order chi connectivity index (χ0) is 22.4. The van der Waals surface area contributed by atoms with Crippen LogP contribution in [0, 0.1) is 5.92 Å². The minimum absolute atomic E-state index is 0.0471. The lowest BCUT2D eigenvalue weighted by Gasteiger charge is -2.17. The number of halogens is 1. The Kier molecular flexibility index (Phi) is 7.09. The molecule has 2 aromatic carbocycles. The van der Waals surface area contributed by atoms with Gasteiger partial charge in [-0.1, -0.05) is 17.7 Å². The van der Waals surface area contributed by atoms with Gasteiger partial charge in [0.2, 0.25) is 5.91 Å². The average Bonchev–Trinajstić information content (AvgIpc) is 3.12. The van der Waals surface area contributed by atoms with E-state index in [1.165, 1.54) is 19.2 Å². The first-order chi connectivity index (χ1) is 14.9. The molecule has 1 heterocycles. The van der Waals surface area contributed by atoms with Crippen LogP contribution >= 0.6 is 11.6 Å². The number of ether oxygens (including phenoxy) is 2. The van der Waals surface area contributed by atoms with Gasteiger partial charge in [0.25, 0.3) is 11.8 Å². The van der Waals surface area contributed by atoms with Gasteiger partial charge in [0.05, 0.1) is 19.6 Å². The zero-order valence-electron chi connectivity index (χ0n) is 16.6. The van der Waals surface area contributed by atoms with Crippen molar-refractivity contribution >= 4 is 41.0 Å². The van der Waals surface area contributed by atoms with Gasteiger partial charge in [0.15, 0.2) is 6.61 Å². The van der Waals surface area contributed by atoms with Crippen LogP contribution in [0.1, 0.15) is 16.8 Å². The lowest BCUT2D eigenvalue weighted by molar-refractivity contribution is -0.151. The van der Waals surface area contributed by atoms with Crippen LogP contribution in [0.2, 0.25) is 5.02 Å². The molecule has 0 saturated carbocycles. The molecule has 1 atom stereocenters. The number of anilines is 1. The summed E-state index contributed by atoms with van der Waals surface area (Å²) in [6.07, 6.45) is -0.128. The van der Waals surface area contributed by atoms with Gasteiger partial charge >= 0.3 is 5.97 Å². The Hall–Kier alpha value is -3.59. The maximum atomic E-state index is 12.3. The van der Waals surface area contributed by atoms with E-state index in [1.807, 2.05) is 0 Å².